The first kappa shape index (κ1) is 13.8. The van der Waals surface area contributed by atoms with Gasteiger partial charge in [0.25, 0.3) is 0 Å². The Hall–Kier alpha value is -2.62. The van der Waals surface area contributed by atoms with Gasteiger partial charge in [0.05, 0.1) is 6.07 Å². The number of H-pyrrole nitrogens is 1. The molecule has 2 N–H and O–H groups in total. The first-order valence-electron chi connectivity index (χ1n) is 5.22. The number of nitro groups is 1. The van der Waals surface area contributed by atoms with Gasteiger partial charge in [0.15, 0.2) is 0 Å². The lowest BCUT2D eigenvalue weighted by molar-refractivity contribution is -0.402. The van der Waals surface area contributed by atoms with E-state index in [-0.39, 0.29) is 15.8 Å². The van der Waals surface area contributed by atoms with Crippen LogP contribution < -0.4 is 0 Å². The number of carboxylic acids is 1. The van der Waals surface area contributed by atoms with E-state index >= 15 is 0 Å². The average Bonchev–Trinajstić information content (AvgIpc) is 2.98. The molecule has 2 aromatic rings. The molecule has 0 aliphatic rings. The lowest BCUT2D eigenvalue weighted by Crippen LogP contribution is -1.97. The molecule has 2 heterocycles. The van der Waals surface area contributed by atoms with Crippen molar-refractivity contribution < 1.29 is 19.2 Å². The third-order valence-electron chi connectivity index (χ3n) is 2.05. The number of rotatable bonds is 5. The lowest BCUT2D eigenvalue weighted by atomic mass is 10.4. The summed E-state index contributed by atoms with van der Waals surface area (Å²) in [6.45, 7) is 1.68. The highest BCUT2D eigenvalue weighted by Crippen LogP contribution is 2.27. The molecule has 0 fully saturated rings. The van der Waals surface area contributed by atoms with Crippen molar-refractivity contribution in [2.45, 2.75) is 12.1 Å². The normalized spacial score (nSPS) is 11.6. The summed E-state index contributed by atoms with van der Waals surface area (Å²) >= 11 is 0.808. The second-order valence-electron chi connectivity index (χ2n) is 3.55. The predicted octanol–water partition coefficient (Wildman–Crippen LogP) is 1.83. The zero-order chi connectivity index (χ0) is 14.7. The Bertz CT molecular complexity index is 689. The van der Waals surface area contributed by atoms with E-state index in [9.17, 15) is 14.9 Å². The van der Waals surface area contributed by atoms with Gasteiger partial charge in [0.2, 0.25) is 5.16 Å². The molecule has 0 aromatic carbocycles. The summed E-state index contributed by atoms with van der Waals surface area (Å²) in [5, 5.41) is 26.2. The highest BCUT2D eigenvalue weighted by molar-refractivity contribution is 8.04. The highest BCUT2D eigenvalue weighted by atomic mass is 32.2. The zero-order valence-corrected chi connectivity index (χ0v) is 10.9. The number of hydrogen-bond donors (Lipinski definition) is 2. The lowest BCUT2D eigenvalue weighted by Gasteiger charge is -1.96. The van der Waals surface area contributed by atoms with E-state index in [2.05, 4.69) is 15.2 Å². The predicted molar refractivity (Wildman–Crippen MR) is 68.0 cm³/mol. The number of nitrogens with one attached hydrogen (secondary N) is 1. The molecular weight excluding hydrogens is 288 g/mol. The van der Waals surface area contributed by atoms with Crippen LogP contribution in [0, 0.1) is 17.0 Å². The molecule has 104 valence electrons. The van der Waals surface area contributed by atoms with E-state index in [1.54, 1.807) is 6.92 Å². The van der Waals surface area contributed by atoms with E-state index in [1.165, 1.54) is 12.1 Å². The van der Waals surface area contributed by atoms with Gasteiger partial charge < -0.3 is 9.52 Å². The van der Waals surface area contributed by atoms with Crippen LogP contribution in [-0.4, -0.2) is 31.2 Å². The third-order valence-corrected chi connectivity index (χ3v) is 2.93. The quantitative estimate of drug-likeness (QED) is 0.369. The maximum Gasteiger partial charge on any atom is 0.433 e. The van der Waals surface area contributed by atoms with Crippen molar-refractivity contribution in [1.82, 2.24) is 15.2 Å². The van der Waals surface area contributed by atoms with Crippen LogP contribution in [0.15, 0.2) is 26.6 Å². The molecule has 0 spiro atoms. The first-order chi connectivity index (χ1) is 9.45. The van der Waals surface area contributed by atoms with Crippen molar-refractivity contribution in [1.29, 1.82) is 0 Å². The number of carboxylic acid groups (broad SMARTS) is 1. The second-order valence-corrected chi connectivity index (χ2v) is 4.56. The van der Waals surface area contributed by atoms with Crippen molar-refractivity contribution in [3.8, 4) is 0 Å². The van der Waals surface area contributed by atoms with Crippen LogP contribution in [0.25, 0.3) is 6.08 Å². The number of aliphatic carboxylic acids is 1. The number of aromatic nitrogens is 3. The maximum atomic E-state index is 11.1. The molecule has 0 saturated heterocycles. The number of aromatic amines is 1. The fourth-order valence-corrected chi connectivity index (χ4v) is 1.98. The SMILES string of the molecule is Cc1nc(S/C(=C\c2ccc([N+](=O)[O-])o2)C(=O)O)n[nH]1. The molecule has 0 saturated carbocycles. The van der Waals surface area contributed by atoms with Crippen LogP contribution in [0.5, 0.6) is 0 Å². The summed E-state index contributed by atoms with van der Waals surface area (Å²) in [4.78, 5) is 24.7. The fourth-order valence-electron chi connectivity index (χ4n) is 1.25. The van der Waals surface area contributed by atoms with Crippen LogP contribution in [0.4, 0.5) is 5.88 Å². The van der Waals surface area contributed by atoms with Gasteiger partial charge in [-0.3, -0.25) is 15.2 Å². The van der Waals surface area contributed by atoms with Crippen LogP contribution in [0.2, 0.25) is 0 Å². The Morgan fingerprint density at radius 2 is 2.35 bits per heavy atom. The topological polar surface area (TPSA) is 135 Å². The van der Waals surface area contributed by atoms with Crippen molar-refractivity contribution in [3.63, 3.8) is 0 Å². The molecule has 0 radical (unpaired) electrons. The number of nitrogens with zero attached hydrogens (tertiary/aromatic N) is 3. The Labute approximate surface area is 115 Å². The minimum absolute atomic E-state index is 0.0638. The first-order valence-corrected chi connectivity index (χ1v) is 6.03. The van der Waals surface area contributed by atoms with E-state index < -0.39 is 16.8 Å². The Morgan fingerprint density at radius 1 is 1.60 bits per heavy atom. The summed E-state index contributed by atoms with van der Waals surface area (Å²) in [7, 11) is 0. The molecule has 0 aliphatic carbocycles. The Balaban J connectivity index is 2.25. The second kappa shape index (κ2) is 5.57. The van der Waals surface area contributed by atoms with Crippen LogP contribution in [0.3, 0.4) is 0 Å². The van der Waals surface area contributed by atoms with E-state index in [0.29, 0.717) is 5.82 Å². The molecule has 20 heavy (non-hydrogen) atoms. The summed E-state index contributed by atoms with van der Waals surface area (Å²) in [5.41, 5.74) is 0. The Morgan fingerprint density at radius 3 is 2.85 bits per heavy atom. The van der Waals surface area contributed by atoms with Gasteiger partial charge in [-0.25, -0.2) is 9.78 Å². The minimum atomic E-state index is -1.21. The summed E-state index contributed by atoms with van der Waals surface area (Å²) in [6, 6.07) is 2.46. The van der Waals surface area contributed by atoms with Gasteiger partial charge in [-0.15, -0.1) is 5.10 Å². The smallest absolute Gasteiger partial charge is 0.433 e. The Kier molecular flexibility index (Phi) is 3.84. The van der Waals surface area contributed by atoms with Gasteiger partial charge in [-0.2, -0.15) is 0 Å². The molecule has 10 heteroatoms. The van der Waals surface area contributed by atoms with Crippen LogP contribution in [0.1, 0.15) is 11.6 Å². The molecule has 0 aliphatic heterocycles. The molecule has 9 nitrogen and oxygen atoms in total. The van der Waals surface area contributed by atoms with E-state index in [0.717, 1.165) is 17.8 Å². The number of carbonyl (C=O) groups is 1. The molecule has 0 amide bonds. The van der Waals surface area contributed by atoms with Crippen molar-refractivity contribution >= 4 is 29.7 Å². The van der Waals surface area contributed by atoms with E-state index in [1.807, 2.05) is 0 Å². The van der Waals surface area contributed by atoms with Gasteiger partial charge >= 0.3 is 11.9 Å². The summed E-state index contributed by atoms with van der Waals surface area (Å²) < 4.78 is 4.87. The standard InChI is InChI=1S/C10H8N4O5S/c1-5-11-10(13-12-5)20-7(9(15)16)4-6-2-3-8(19-6)14(17)18/h2-4H,1H3,(H,15,16)(H,11,12,13)/b7-4-. The number of hydrogen-bond acceptors (Lipinski definition) is 7. The largest absolute Gasteiger partial charge is 0.477 e. The van der Waals surface area contributed by atoms with Crippen LogP contribution >= 0.6 is 11.8 Å². The van der Waals surface area contributed by atoms with Gasteiger partial charge in [-0.1, -0.05) is 0 Å². The van der Waals surface area contributed by atoms with Gasteiger partial charge in [0, 0.05) is 6.08 Å². The van der Waals surface area contributed by atoms with Gasteiger partial charge in [-0.05, 0) is 24.8 Å². The van der Waals surface area contributed by atoms with Crippen molar-refractivity contribution in [3.05, 3.63) is 38.7 Å². The number of furan rings is 1. The molecule has 0 atom stereocenters. The average molecular weight is 296 g/mol. The van der Waals surface area contributed by atoms with Crippen molar-refractivity contribution in [2.75, 3.05) is 0 Å². The molecular formula is C10H8N4O5S. The third kappa shape index (κ3) is 3.23. The molecule has 2 aromatic heterocycles. The van der Waals surface area contributed by atoms with Crippen molar-refractivity contribution in [2.24, 2.45) is 0 Å². The van der Waals surface area contributed by atoms with Gasteiger partial charge in [0.1, 0.15) is 21.4 Å². The molecule has 0 bridgehead atoms. The van der Waals surface area contributed by atoms with Crippen LogP contribution in [-0.2, 0) is 4.79 Å². The minimum Gasteiger partial charge on any atom is -0.477 e. The summed E-state index contributed by atoms with van der Waals surface area (Å²) in [5.74, 6) is -1.06. The summed E-state index contributed by atoms with van der Waals surface area (Å²) in [6.07, 6.45) is 1.17. The number of thioether (sulfide) groups is 1. The highest BCUT2D eigenvalue weighted by Gasteiger charge is 2.16. The maximum absolute atomic E-state index is 11.1. The molecule has 2 rings (SSSR count). The number of aryl methyl sites for hydroxylation is 1. The fraction of sp³-hybridized carbons (Fsp3) is 0.100. The van der Waals surface area contributed by atoms with E-state index in [4.69, 9.17) is 9.52 Å². The molecule has 0 unspecified atom stereocenters. The monoisotopic (exact) mass is 296 g/mol. The zero-order valence-electron chi connectivity index (χ0n) is 10.1.